The molecule has 0 N–H and O–H groups in total. The number of nitro benzene ring substituents is 1. The number of halogens is 1. The molecule has 9 heteroatoms. The number of aromatic nitrogens is 2. The number of nitro groups is 1. The Morgan fingerprint density at radius 1 is 1.23 bits per heavy atom. The Morgan fingerprint density at radius 2 is 2.00 bits per heavy atom. The van der Waals surface area contributed by atoms with Gasteiger partial charge in [-0.1, -0.05) is 6.07 Å². The lowest BCUT2D eigenvalue weighted by atomic mass is 9.96. The molecule has 30 heavy (non-hydrogen) atoms. The maximum Gasteiger partial charge on any atom is 0.273 e. The quantitative estimate of drug-likeness (QED) is 0.474. The third kappa shape index (κ3) is 3.78. The first-order valence-electron chi connectivity index (χ1n) is 9.56. The van der Waals surface area contributed by atoms with Crippen molar-refractivity contribution in [1.82, 2.24) is 15.1 Å². The summed E-state index contributed by atoms with van der Waals surface area (Å²) in [5.74, 6) is -0.0236. The summed E-state index contributed by atoms with van der Waals surface area (Å²) in [5, 5.41) is 19.3. The summed E-state index contributed by atoms with van der Waals surface area (Å²) >= 11 is 0. The number of amides is 1. The highest BCUT2D eigenvalue weighted by Crippen LogP contribution is 2.30. The summed E-state index contributed by atoms with van der Waals surface area (Å²) in [7, 11) is 0. The van der Waals surface area contributed by atoms with E-state index in [2.05, 4.69) is 10.2 Å². The fraction of sp³-hybridized carbons (Fsp3) is 0.286. The number of likely N-dealkylation sites (tertiary alicyclic amines) is 1. The van der Waals surface area contributed by atoms with E-state index in [1.165, 1.54) is 24.3 Å². The van der Waals surface area contributed by atoms with Gasteiger partial charge in [0.1, 0.15) is 5.82 Å². The van der Waals surface area contributed by atoms with Gasteiger partial charge < -0.3 is 9.32 Å². The predicted octanol–water partition coefficient (Wildman–Crippen LogP) is 4.11. The van der Waals surface area contributed by atoms with E-state index in [-0.39, 0.29) is 23.3 Å². The largest absolute Gasteiger partial charge is 0.420 e. The SMILES string of the molecule is Cc1c(C(=O)N2CCCC(c3nnc(-c4ccc(F)cc4)o3)C2)cccc1[N+](=O)[O-]. The van der Waals surface area contributed by atoms with Crippen LogP contribution >= 0.6 is 0 Å². The molecule has 2 aromatic carbocycles. The highest BCUT2D eigenvalue weighted by Gasteiger charge is 2.30. The summed E-state index contributed by atoms with van der Waals surface area (Å²) in [4.78, 5) is 25.4. The van der Waals surface area contributed by atoms with Crippen molar-refractivity contribution in [2.75, 3.05) is 13.1 Å². The smallest absolute Gasteiger partial charge is 0.273 e. The highest BCUT2D eigenvalue weighted by molar-refractivity contribution is 5.96. The van der Waals surface area contributed by atoms with Crippen molar-refractivity contribution >= 4 is 11.6 Å². The number of carbonyl (C=O) groups is 1. The second-order valence-electron chi connectivity index (χ2n) is 7.25. The molecular formula is C21H19FN4O4. The van der Waals surface area contributed by atoms with Gasteiger partial charge in [-0.25, -0.2) is 4.39 Å². The summed E-state index contributed by atoms with van der Waals surface area (Å²) in [6.07, 6.45) is 1.53. The van der Waals surface area contributed by atoms with Crippen LogP contribution in [0.25, 0.3) is 11.5 Å². The molecule has 1 unspecified atom stereocenters. The van der Waals surface area contributed by atoms with Crippen LogP contribution in [0.1, 0.15) is 40.6 Å². The van der Waals surface area contributed by atoms with Crippen molar-refractivity contribution in [3.63, 3.8) is 0 Å². The van der Waals surface area contributed by atoms with Crippen molar-refractivity contribution in [2.45, 2.75) is 25.7 Å². The Kier molecular flexibility index (Phi) is 5.26. The monoisotopic (exact) mass is 410 g/mol. The van der Waals surface area contributed by atoms with Crippen molar-refractivity contribution in [3.8, 4) is 11.5 Å². The zero-order valence-corrected chi connectivity index (χ0v) is 16.2. The minimum Gasteiger partial charge on any atom is -0.420 e. The van der Waals surface area contributed by atoms with E-state index in [0.29, 0.717) is 41.6 Å². The molecule has 0 bridgehead atoms. The molecule has 1 atom stereocenters. The molecule has 1 aromatic heterocycles. The van der Waals surface area contributed by atoms with Crippen LogP contribution in [0.15, 0.2) is 46.9 Å². The second kappa shape index (κ2) is 8.02. The molecule has 0 aliphatic carbocycles. The fourth-order valence-electron chi connectivity index (χ4n) is 3.70. The van der Waals surface area contributed by atoms with Crippen LogP contribution in [-0.2, 0) is 0 Å². The van der Waals surface area contributed by atoms with Crippen LogP contribution in [0.3, 0.4) is 0 Å². The maximum absolute atomic E-state index is 13.1. The van der Waals surface area contributed by atoms with Gasteiger partial charge in [0.25, 0.3) is 11.6 Å². The topological polar surface area (TPSA) is 102 Å². The molecule has 1 fully saturated rings. The van der Waals surface area contributed by atoms with Crippen LogP contribution in [0.5, 0.6) is 0 Å². The van der Waals surface area contributed by atoms with Gasteiger partial charge >= 0.3 is 0 Å². The van der Waals surface area contributed by atoms with Gasteiger partial charge in [-0.2, -0.15) is 0 Å². The lowest BCUT2D eigenvalue weighted by Gasteiger charge is -2.31. The van der Waals surface area contributed by atoms with Gasteiger partial charge in [0.05, 0.1) is 10.8 Å². The first-order valence-corrected chi connectivity index (χ1v) is 9.56. The third-order valence-corrected chi connectivity index (χ3v) is 5.32. The summed E-state index contributed by atoms with van der Waals surface area (Å²) in [6.45, 7) is 2.52. The number of carbonyl (C=O) groups excluding carboxylic acids is 1. The molecule has 0 radical (unpaired) electrons. The molecule has 1 aliphatic rings. The van der Waals surface area contributed by atoms with Crippen molar-refractivity contribution in [2.24, 2.45) is 0 Å². The van der Waals surface area contributed by atoms with Crippen LogP contribution < -0.4 is 0 Å². The molecular weight excluding hydrogens is 391 g/mol. The minimum absolute atomic E-state index is 0.0738. The fourth-order valence-corrected chi connectivity index (χ4v) is 3.70. The van der Waals surface area contributed by atoms with Crippen LogP contribution in [0.2, 0.25) is 0 Å². The van der Waals surface area contributed by atoms with E-state index in [9.17, 15) is 19.3 Å². The zero-order chi connectivity index (χ0) is 21.3. The Labute approximate surface area is 171 Å². The van der Waals surface area contributed by atoms with E-state index >= 15 is 0 Å². The number of hydrogen-bond acceptors (Lipinski definition) is 6. The molecule has 0 saturated carbocycles. The standard InChI is InChI=1S/C21H19FN4O4/c1-13-17(5-2-6-18(13)26(28)29)21(27)25-11-3-4-15(12-25)20-24-23-19(30-20)14-7-9-16(22)10-8-14/h2,5-10,15H,3-4,11-12H2,1H3. The third-order valence-electron chi connectivity index (χ3n) is 5.32. The first kappa shape index (κ1) is 19.7. The molecule has 1 aliphatic heterocycles. The summed E-state index contributed by atoms with van der Waals surface area (Å²) in [6, 6.07) is 10.3. The lowest BCUT2D eigenvalue weighted by Crippen LogP contribution is -2.39. The van der Waals surface area contributed by atoms with Crippen molar-refractivity contribution in [1.29, 1.82) is 0 Å². The summed E-state index contributed by atoms with van der Waals surface area (Å²) in [5.41, 5.74) is 1.22. The average Bonchev–Trinajstić information content (AvgIpc) is 3.24. The average molecular weight is 410 g/mol. The first-order chi connectivity index (χ1) is 14.4. The van der Waals surface area contributed by atoms with Crippen LogP contribution in [-0.4, -0.2) is 39.0 Å². The van der Waals surface area contributed by atoms with Gasteiger partial charge in [0, 0.05) is 35.8 Å². The van der Waals surface area contributed by atoms with Crippen molar-refractivity contribution < 1.29 is 18.5 Å². The lowest BCUT2D eigenvalue weighted by molar-refractivity contribution is -0.385. The molecule has 1 amide bonds. The minimum atomic E-state index is -0.486. The predicted molar refractivity (Wildman–Crippen MR) is 105 cm³/mol. The Balaban J connectivity index is 1.53. The molecule has 4 rings (SSSR count). The normalized spacial score (nSPS) is 16.5. The Morgan fingerprint density at radius 3 is 2.73 bits per heavy atom. The number of benzene rings is 2. The number of nitrogens with zero attached hydrogens (tertiary/aromatic N) is 4. The van der Waals surface area contributed by atoms with Gasteiger partial charge in [-0.15, -0.1) is 10.2 Å². The highest BCUT2D eigenvalue weighted by atomic mass is 19.1. The van der Waals surface area contributed by atoms with Crippen LogP contribution in [0, 0.1) is 22.9 Å². The van der Waals surface area contributed by atoms with E-state index < -0.39 is 4.92 Å². The van der Waals surface area contributed by atoms with Crippen LogP contribution in [0.4, 0.5) is 10.1 Å². The molecule has 3 aromatic rings. The van der Waals surface area contributed by atoms with E-state index in [0.717, 1.165) is 12.8 Å². The van der Waals surface area contributed by atoms with E-state index in [1.807, 2.05) is 0 Å². The number of piperidine rings is 1. The van der Waals surface area contributed by atoms with Gasteiger partial charge in [-0.3, -0.25) is 14.9 Å². The molecule has 0 spiro atoms. The molecule has 154 valence electrons. The van der Waals surface area contributed by atoms with E-state index in [4.69, 9.17) is 4.42 Å². The summed E-state index contributed by atoms with van der Waals surface area (Å²) < 4.78 is 18.9. The molecule has 8 nitrogen and oxygen atoms in total. The van der Waals surface area contributed by atoms with Gasteiger partial charge in [-0.05, 0) is 50.1 Å². The number of hydrogen-bond donors (Lipinski definition) is 0. The maximum atomic E-state index is 13.1. The Bertz CT molecular complexity index is 1100. The van der Waals surface area contributed by atoms with Gasteiger partial charge in [0.2, 0.25) is 11.8 Å². The number of rotatable bonds is 4. The Hall–Kier alpha value is -3.62. The van der Waals surface area contributed by atoms with Crippen molar-refractivity contribution in [3.05, 3.63) is 75.4 Å². The molecule has 2 heterocycles. The zero-order valence-electron chi connectivity index (χ0n) is 16.2. The molecule has 1 saturated heterocycles. The van der Waals surface area contributed by atoms with Gasteiger partial charge in [0.15, 0.2) is 0 Å². The van der Waals surface area contributed by atoms with E-state index in [1.54, 1.807) is 30.0 Å². The second-order valence-corrected chi connectivity index (χ2v) is 7.25.